The summed E-state index contributed by atoms with van der Waals surface area (Å²) in [5, 5.41) is 3.21. The summed E-state index contributed by atoms with van der Waals surface area (Å²) in [4.78, 5) is 0.333. The highest BCUT2D eigenvalue weighted by Crippen LogP contribution is 2.26. The fourth-order valence-corrected chi connectivity index (χ4v) is 4.78. The fourth-order valence-electron chi connectivity index (χ4n) is 2.46. The zero-order chi connectivity index (χ0) is 14.6. The zero-order valence-corrected chi connectivity index (χ0v) is 14.1. The molecule has 2 N–H and O–H groups in total. The Kier molecular flexibility index (Phi) is 5.60. The number of hydrogen-bond acceptors (Lipinski definition) is 3. The summed E-state index contributed by atoms with van der Waals surface area (Å²) in [6, 6.07) is 5.56. The highest BCUT2D eigenvalue weighted by molar-refractivity contribution is 9.10. The lowest BCUT2D eigenvalue weighted by molar-refractivity contribution is 0.551. The van der Waals surface area contributed by atoms with Crippen LogP contribution in [0.5, 0.6) is 0 Å². The summed E-state index contributed by atoms with van der Waals surface area (Å²) in [7, 11) is -3.45. The van der Waals surface area contributed by atoms with Crippen molar-refractivity contribution < 1.29 is 8.42 Å². The molecule has 0 bridgehead atoms. The van der Waals surface area contributed by atoms with Crippen molar-refractivity contribution in [2.75, 3.05) is 6.54 Å². The standard InChI is InChI=1S/C14H21BrN2O2S/c1-2-16-10-11-7-8-13(15)14(9-11)20(18,19)17-12-5-3-4-6-12/h7-9,12,16-17H,2-6,10H2,1H3. The van der Waals surface area contributed by atoms with Crippen molar-refractivity contribution in [2.24, 2.45) is 0 Å². The molecule has 0 unspecified atom stereocenters. The van der Waals surface area contributed by atoms with Crippen LogP contribution in [0.2, 0.25) is 0 Å². The molecule has 1 aromatic rings. The molecule has 1 aliphatic rings. The molecule has 2 rings (SSSR count). The van der Waals surface area contributed by atoms with E-state index in [4.69, 9.17) is 0 Å². The third-order valence-electron chi connectivity index (χ3n) is 3.54. The van der Waals surface area contributed by atoms with Crippen molar-refractivity contribution in [3.8, 4) is 0 Å². The molecule has 0 atom stereocenters. The van der Waals surface area contributed by atoms with Gasteiger partial charge in [0.15, 0.2) is 0 Å². The van der Waals surface area contributed by atoms with Gasteiger partial charge in [0.25, 0.3) is 0 Å². The topological polar surface area (TPSA) is 58.2 Å². The summed E-state index contributed by atoms with van der Waals surface area (Å²) >= 11 is 3.34. The van der Waals surface area contributed by atoms with E-state index in [1.807, 2.05) is 13.0 Å². The Morgan fingerprint density at radius 2 is 2.00 bits per heavy atom. The van der Waals surface area contributed by atoms with Gasteiger partial charge in [-0.1, -0.05) is 25.8 Å². The first-order chi connectivity index (χ1) is 9.53. The third-order valence-corrected chi connectivity index (χ3v) is 6.06. The predicted octanol–water partition coefficient (Wildman–Crippen LogP) is 2.78. The van der Waals surface area contributed by atoms with Crippen molar-refractivity contribution in [1.82, 2.24) is 10.0 Å². The number of halogens is 1. The van der Waals surface area contributed by atoms with Crippen LogP contribution < -0.4 is 10.0 Å². The van der Waals surface area contributed by atoms with E-state index < -0.39 is 10.0 Å². The lowest BCUT2D eigenvalue weighted by atomic mass is 10.2. The van der Waals surface area contributed by atoms with Gasteiger partial charge in [-0.3, -0.25) is 0 Å². The second kappa shape index (κ2) is 7.02. The van der Waals surface area contributed by atoms with E-state index in [1.54, 1.807) is 12.1 Å². The van der Waals surface area contributed by atoms with Crippen LogP contribution in [-0.4, -0.2) is 21.0 Å². The van der Waals surface area contributed by atoms with Gasteiger partial charge in [-0.2, -0.15) is 0 Å². The van der Waals surface area contributed by atoms with Gasteiger partial charge in [0.05, 0.1) is 4.90 Å². The summed E-state index contributed by atoms with van der Waals surface area (Å²) in [6.45, 7) is 3.56. The molecular formula is C14H21BrN2O2S. The summed E-state index contributed by atoms with van der Waals surface area (Å²) < 4.78 is 28.4. The minimum Gasteiger partial charge on any atom is -0.313 e. The van der Waals surface area contributed by atoms with Gasteiger partial charge in [0, 0.05) is 17.1 Å². The van der Waals surface area contributed by atoms with Crippen LogP contribution in [0.1, 0.15) is 38.2 Å². The Morgan fingerprint density at radius 1 is 1.30 bits per heavy atom. The van der Waals surface area contributed by atoms with Gasteiger partial charge in [0.1, 0.15) is 0 Å². The van der Waals surface area contributed by atoms with Crippen molar-refractivity contribution in [3.05, 3.63) is 28.2 Å². The molecule has 0 saturated heterocycles. The Morgan fingerprint density at radius 3 is 2.65 bits per heavy atom. The fraction of sp³-hybridized carbons (Fsp3) is 0.571. The molecular weight excluding hydrogens is 340 g/mol. The quantitative estimate of drug-likeness (QED) is 0.819. The van der Waals surface area contributed by atoms with Crippen LogP contribution in [0.3, 0.4) is 0 Å². The minimum absolute atomic E-state index is 0.0873. The average molecular weight is 361 g/mol. The minimum atomic E-state index is -3.45. The molecule has 0 aromatic heterocycles. The van der Waals surface area contributed by atoms with E-state index in [-0.39, 0.29) is 6.04 Å². The Balaban J connectivity index is 2.20. The summed E-state index contributed by atoms with van der Waals surface area (Å²) in [5.74, 6) is 0. The summed E-state index contributed by atoms with van der Waals surface area (Å²) in [6.07, 6.45) is 4.09. The molecule has 0 radical (unpaired) electrons. The van der Waals surface area contributed by atoms with Crippen LogP contribution in [0, 0.1) is 0 Å². The Bertz CT molecular complexity index is 554. The molecule has 0 heterocycles. The molecule has 0 aliphatic heterocycles. The van der Waals surface area contributed by atoms with E-state index in [0.29, 0.717) is 15.9 Å². The number of sulfonamides is 1. The second-order valence-corrected chi connectivity index (χ2v) is 7.68. The molecule has 1 aliphatic carbocycles. The Labute approximate surface area is 129 Å². The van der Waals surface area contributed by atoms with Crippen LogP contribution in [-0.2, 0) is 16.6 Å². The monoisotopic (exact) mass is 360 g/mol. The van der Waals surface area contributed by atoms with Crippen LogP contribution in [0.4, 0.5) is 0 Å². The molecule has 20 heavy (non-hydrogen) atoms. The third kappa shape index (κ3) is 4.04. The van der Waals surface area contributed by atoms with E-state index in [1.165, 1.54) is 0 Å². The van der Waals surface area contributed by atoms with Crippen LogP contribution in [0.15, 0.2) is 27.6 Å². The second-order valence-electron chi connectivity index (χ2n) is 5.15. The van der Waals surface area contributed by atoms with E-state index in [9.17, 15) is 8.42 Å². The van der Waals surface area contributed by atoms with Crippen molar-refractivity contribution in [2.45, 2.75) is 50.1 Å². The van der Waals surface area contributed by atoms with Crippen LogP contribution in [0.25, 0.3) is 0 Å². The number of hydrogen-bond donors (Lipinski definition) is 2. The van der Waals surface area contributed by atoms with E-state index in [0.717, 1.165) is 37.8 Å². The molecule has 0 amide bonds. The van der Waals surface area contributed by atoms with Gasteiger partial charge in [-0.15, -0.1) is 0 Å². The molecule has 6 heteroatoms. The first-order valence-electron chi connectivity index (χ1n) is 7.04. The zero-order valence-electron chi connectivity index (χ0n) is 11.7. The maximum absolute atomic E-state index is 12.5. The molecule has 112 valence electrons. The van der Waals surface area contributed by atoms with Crippen molar-refractivity contribution in [3.63, 3.8) is 0 Å². The molecule has 4 nitrogen and oxygen atoms in total. The highest BCUT2D eigenvalue weighted by Gasteiger charge is 2.24. The average Bonchev–Trinajstić information content (AvgIpc) is 2.89. The molecule has 0 spiro atoms. The van der Waals surface area contributed by atoms with Gasteiger partial charge in [-0.05, 0) is 53.0 Å². The number of nitrogens with one attached hydrogen (secondary N) is 2. The first kappa shape index (κ1) is 15.9. The first-order valence-corrected chi connectivity index (χ1v) is 9.32. The molecule has 1 saturated carbocycles. The molecule has 1 fully saturated rings. The smallest absolute Gasteiger partial charge is 0.241 e. The van der Waals surface area contributed by atoms with E-state index in [2.05, 4.69) is 26.0 Å². The normalized spacial score (nSPS) is 16.7. The van der Waals surface area contributed by atoms with Crippen molar-refractivity contribution in [1.29, 1.82) is 0 Å². The van der Waals surface area contributed by atoms with Crippen molar-refractivity contribution >= 4 is 26.0 Å². The highest BCUT2D eigenvalue weighted by atomic mass is 79.9. The number of benzene rings is 1. The number of rotatable bonds is 6. The van der Waals surface area contributed by atoms with Crippen LogP contribution >= 0.6 is 15.9 Å². The summed E-state index contributed by atoms with van der Waals surface area (Å²) in [5.41, 5.74) is 0.974. The maximum Gasteiger partial charge on any atom is 0.241 e. The Hall–Kier alpha value is -0.430. The maximum atomic E-state index is 12.5. The van der Waals surface area contributed by atoms with Gasteiger partial charge in [-0.25, -0.2) is 13.1 Å². The van der Waals surface area contributed by atoms with Gasteiger partial charge < -0.3 is 5.32 Å². The lowest BCUT2D eigenvalue weighted by Gasteiger charge is -2.14. The molecule has 1 aromatic carbocycles. The van der Waals surface area contributed by atoms with Gasteiger partial charge >= 0.3 is 0 Å². The lowest BCUT2D eigenvalue weighted by Crippen LogP contribution is -2.33. The van der Waals surface area contributed by atoms with Gasteiger partial charge in [0.2, 0.25) is 10.0 Å². The van der Waals surface area contributed by atoms with E-state index >= 15 is 0 Å². The predicted molar refractivity (Wildman–Crippen MR) is 84.1 cm³/mol. The largest absolute Gasteiger partial charge is 0.313 e. The SMILES string of the molecule is CCNCc1ccc(Br)c(S(=O)(=O)NC2CCCC2)c1.